The zero-order valence-electron chi connectivity index (χ0n) is 37.5. The van der Waals surface area contributed by atoms with E-state index in [2.05, 4.69) is 174 Å². The molecule has 4 heterocycles. The van der Waals surface area contributed by atoms with Crippen LogP contribution in [0.15, 0.2) is 205 Å². The summed E-state index contributed by atoms with van der Waals surface area (Å²) in [5, 5.41) is 7.09. The molecule has 8 aromatic carbocycles. The molecule has 0 unspecified atom stereocenters. The number of furan rings is 1. The van der Waals surface area contributed by atoms with Crippen LogP contribution in [-0.4, -0.2) is 14.5 Å². The molecule has 0 aliphatic carbocycles. The first-order chi connectivity index (χ1) is 32.3. The molecule has 1 radical (unpaired) electrons. The van der Waals surface area contributed by atoms with E-state index in [1.165, 1.54) is 16.5 Å². The predicted molar refractivity (Wildman–Crippen MR) is 262 cm³/mol. The molecule has 0 fully saturated rings. The number of imidazole rings is 1. The molecule has 64 heavy (non-hydrogen) atoms. The van der Waals surface area contributed by atoms with Gasteiger partial charge in [-0.1, -0.05) is 143 Å². The minimum atomic E-state index is -2.09. The number of pyridine rings is 1. The average Bonchev–Trinajstić information content (AvgIpc) is 4.07. The molecule has 0 aliphatic rings. The van der Waals surface area contributed by atoms with Gasteiger partial charge in [-0.2, -0.15) is 0 Å². The molecule has 309 valence electrons. The third-order valence-corrected chi connectivity index (χ3v) is 12.3. The summed E-state index contributed by atoms with van der Waals surface area (Å²) in [7, 11) is 0. The Labute approximate surface area is 393 Å². The van der Waals surface area contributed by atoms with Crippen molar-refractivity contribution in [1.82, 2.24) is 14.5 Å². The third-order valence-electron chi connectivity index (χ3n) is 11.4. The summed E-state index contributed by atoms with van der Waals surface area (Å²) < 4.78 is 31.4. The fourth-order valence-electron chi connectivity index (χ4n) is 8.45. The van der Waals surface area contributed by atoms with E-state index in [1.807, 2.05) is 30.3 Å². The molecule has 4 nitrogen and oxygen atoms in total. The van der Waals surface area contributed by atoms with Gasteiger partial charge in [0.05, 0.1) is 22.5 Å². The third kappa shape index (κ3) is 7.67. The minimum absolute atomic E-state index is 0. The first-order valence-corrected chi connectivity index (χ1v) is 21.6. The number of hydrogen-bond acceptors (Lipinski definition) is 4. The maximum absolute atomic E-state index is 7.23. The normalized spacial score (nSPS) is 12.0. The van der Waals surface area contributed by atoms with E-state index in [0.717, 1.165) is 100 Å². The molecule has 0 amide bonds. The summed E-state index contributed by atoms with van der Waals surface area (Å²) in [6.07, 6.45) is 1.39. The second-order valence-electron chi connectivity index (χ2n) is 15.5. The average molecular weight is 1020 g/mol. The predicted octanol–water partition coefficient (Wildman–Crippen LogP) is 15.8. The monoisotopic (exact) mass is 1020 g/mol. The Morgan fingerprint density at radius 2 is 1.27 bits per heavy atom. The van der Waals surface area contributed by atoms with Gasteiger partial charge in [-0.15, -0.1) is 41.3 Å². The Morgan fingerprint density at radius 1 is 0.594 bits per heavy atom. The smallest absolute Gasteiger partial charge is 0.135 e. The molecule has 0 saturated carbocycles. The van der Waals surface area contributed by atoms with E-state index < -0.39 is 6.85 Å². The topological polar surface area (TPSA) is 43.9 Å². The molecule has 0 N–H and O–H groups in total. The zero-order valence-corrected chi connectivity index (χ0v) is 37.8. The Bertz CT molecular complexity index is 3630. The first kappa shape index (κ1) is 37.4. The van der Waals surface area contributed by atoms with Crippen LogP contribution in [0, 0.1) is 25.2 Å². The van der Waals surface area contributed by atoms with Crippen molar-refractivity contribution >= 4 is 54.4 Å². The number of aryl methyl sites for hydroxylation is 2. The number of nitrogens with zero attached hydrogens (tertiary/aromatic N) is 3. The summed E-state index contributed by atoms with van der Waals surface area (Å²) in [4.78, 5) is 9.49. The number of fused-ring (bicyclic) bond motifs is 5. The Balaban J connectivity index is 0.000000263. The molecule has 0 saturated heterocycles. The van der Waals surface area contributed by atoms with E-state index in [0.29, 0.717) is 0 Å². The van der Waals surface area contributed by atoms with Gasteiger partial charge in [0, 0.05) is 52.3 Å². The summed E-state index contributed by atoms with van der Waals surface area (Å²) in [5.74, 6) is 0.879. The second-order valence-corrected chi connectivity index (χ2v) is 16.4. The van der Waals surface area contributed by atoms with Crippen molar-refractivity contribution in [3.8, 4) is 61.7 Å². The minimum Gasteiger partial charge on any atom is -0.456 e. The van der Waals surface area contributed by atoms with Crippen LogP contribution in [0.2, 0.25) is 0 Å². The van der Waals surface area contributed by atoms with Crippen molar-refractivity contribution in [1.29, 1.82) is 0 Å². The van der Waals surface area contributed by atoms with Gasteiger partial charge in [-0.25, -0.2) is 0 Å². The molecule has 0 atom stereocenters. The maximum atomic E-state index is 7.23. The van der Waals surface area contributed by atoms with Crippen molar-refractivity contribution in [3.63, 3.8) is 0 Å². The number of hydrogen-bond donors (Lipinski definition) is 0. The van der Waals surface area contributed by atoms with Crippen molar-refractivity contribution in [3.05, 3.63) is 223 Å². The number of thiophene rings is 1. The van der Waals surface area contributed by atoms with Gasteiger partial charge in [-0.05, 0) is 95.3 Å². The van der Waals surface area contributed by atoms with Crippen LogP contribution in [0.3, 0.4) is 0 Å². The second kappa shape index (κ2) is 17.5. The number of rotatable bonds is 6. The molecule has 6 heteroatoms. The van der Waals surface area contributed by atoms with Gasteiger partial charge in [0.2, 0.25) is 0 Å². The first-order valence-electron chi connectivity index (χ1n) is 22.3. The Kier molecular flexibility index (Phi) is 10.2. The Hall–Kier alpha value is -7.21. The van der Waals surface area contributed by atoms with Crippen molar-refractivity contribution in [2.75, 3.05) is 0 Å². The summed E-state index contributed by atoms with van der Waals surface area (Å²) >= 11 is 1.64. The van der Waals surface area contributed by atoms with Gasteiger partial charge < -0.3 is 14.0 Å². The maximum Gasteiger partial charge on any atom is 0.135 e. The number of para-hydroxylation sites is 3. The Morgan fingerprint density at radius 3 is 1.98 bits per heavy atom. The van der Waals surface area contributed by atoms with Crippen molar-refractivity contribution in [2.24, 2.45) is 0 Å². The van der Waals surface area contributed by atoms with Crippen molar-refractivity contribution < 1.29 is 28.6 Å². The molecular weight excluding hydrogens is 979 g/mol. The summed E-state index contributed by atoms with van der Waals surface area (Å²) in [5.41, 5.74) is 15.9. The quantitative estimate of drug-likeness (QED) is 0.156. The van der Waals surface area contributed by atoms with Crippen LogP contribution < -0.4 is 0 Å². The van der Waals surface area contributed by atoms with E-state index in [1.54, 1.807) is 29.5 Å². The summed E-state index contributed by atoms with van der Waals surface area (Å²) in [6, 6.07) is 69.7. The van der Waals surface area contributed by atoms with Gasteiger partial charge in [0.15, 0.2) is 0 Å². The SMILES string of the molecule is Cc1cc(-c2ccccc2)c(-n2c(-c3[c-]sc4ccc(-c5ccc6oc7ccccc7c6c5)cc34)nc3ccccc32)c(-c2ccccc2)c1.[2H]C([2H])([2H])c1ccc(-c2[c-]cccc2)nc1.[Ir]. The van der Waals surface area contributed by atoms with Crippen LogP contribution in [0.1, 0.15) is 15.2 Å². The van der Waals surface area contributed by atoms with Crippen LogP contribution in [-0.2, 0) is 20.1 Å². The number of aromatic nitrogens is 3. The van der Waals surface area contributed by atoms with Crippen LogP contribution in [0.4, 0.5) is 0 Å². The van der Waals surface area contributed by atoms with E-state index in [-0.39, 0.29) is 25.7 Å². The van der Waals surface area contributed by atoms with Crippen molar-refractivity contribution in [2.45, 2.75) is 13.8 Å². The number of benzene rings is 8. The summed E-state index contributed by atoms with van der Waals surface area (Å²) in [6.45, 7) is 0.0902. The molecular formula is C58H39IrN3OS-2. The molecule has 4 aromatic heterocycles. The molecule has 0 aliphatic heterocycles. The van der Waals surface area contributed by atoms with Gasteiger partial charge >= 0.3 is 0 Å². The van der Waals surface area contributed by atoms with Crippen LogP contribution in [0.25, 0.3) is 105 Å². The van der Waals surface area contributed by atoms with Crippen LogP contribution >= 0.6 is 11.3 Å². The van der Waals surface area contributed by atoms with Gasteiger partial charge in [-0.3, -0.25) is 16.3 Å². The van der Waals surface area contributed by atoms with E-state index in [9.17, 15) is 0 Å². The zero-order chi connectivity index (χ0) is 44.8. The van der Waals surface area contributed by atoms with E-state index >= 15 is 0 Å². The van der Waals surface area contributed by atoms with Gasteiger partial charge in [0.1, 0.15) is 11.2 Å². The molecule has 12 aromatic rings. The van der Waals surface area contributed by atoms with E-state index in [4.69, 9.17) is 13.5 Å². The standard InChI is InChI=1S/C46H29N2OS.C12H10N.Ir/c1-29-24-35(30-12-4-2-5-13-30)45(36(25-29)31-14-6-3-7-15-31)48-41-18-10-9-17-40(41)47-46(48)39-28-50-44-23-21-33(27-38(39)44)32-20-22-43-37(26-32)34-16-8-11-19-42(34)49-43;1-10-7-8-12(13-9-10)11-5-3-2-4-6-11;/h2-27H,1H3;2-5,7-9H,1H3;/q2*-1;/i;1D3;. The van der Waals surface area contributed by atoms with Gasteiger partial charge in [0.25, 0.3) is 0 Å². The molecule has 0 bridgehead atoms. The fraction of sp³-hybridized carbons (Fsp3) is 0.0345. The molecule has 12 rings (SSSR count). The van der Waals surface area contributed by atoms with Crippen LogP contribution in [0.5, 0.6) is 0 Å². The fourth-order valence-corrected chi connectivity index (χ4v) is 9.27. The largest absolute Gasteiger partial charge is 0.456 e. The molecule has 0 spiro atoms.